The molecular weight excluding hydrogens is 665 g/mol. The van der Waals surface area contributed by atoms with E-state index in [9.17, 15) is 0 Å². The molecule has 1 aromatic heterocycles. The Bertz CT molecular complexity index is 3110. The first-order valence-electron chi connectivity index (χ1n) is 19.2. The Morgan fingerprint density at radius 1 is 0.400 bits per heavy atom. The molecule has 0 N–H and O–H groups in total. The number of aromatic nitrogens is 1. The second-order valence-corrected chi connectivity index (χ2v) is 15.4. The van der Waals surface area contributed by atoms with Gasteiger partial charge in [-0.05, 0) is 110 Å². The highest BCUT2D eigenvalue weighted by Crippen LogP contribution is 2.51. The van der Waals surface area contributed by atoms with Crippen LogP contribution in [-0.2, 0) is 5.41 Å². The molecule has 0 saturated heterocycles. The van der Waals surface area contributed by atoms with Crippen LogP contribution in [0.25, 0.3) is 71.3 Å². The number of nitrogens with zero attached hydrogens (tertiary/aromatic N) is 2. The molecule has 0 radical (unpaired) electrons. The topological polar surface area (TPSA) is 8.17 Å². The minimum Gasteiger partial charge on any atom is -0.310 e. The van der Waals surface area contributed by atoms with E-state index >= 15 is 0 Å². The molecule has 11 rings (SSSR count). The van der Waals surface area contributed by atoms with Crippen LogP contribution in [-0.4, -0.2) is 4.57 Å². The summed E-state index contributed by atoms with van der Waals surface area (Å²) in [6, 6.07) is 71.4. The summed E-state index contributed by atoms with van der Waals surface area (Å²) >= 11 is 0. The molecule has 0 atom stereocenters. The van der Waals surface area contributed by atoms with Crippen LogP contribution in [0.1, 0.15) is 25.0 Å². The molecule has 9 aromatic carbocycles. The molecule has 0 fully saturated rings. The van der Waals surface area contributed by atoms with E-state index in [0.29, 0.717) is 0 Å². The van der Waals surface area contributed by atoms with Crippen molar-refractivity contribution in [2.45, 2.75) is 19.3 Å². The molecule has 55 heavy (non-hydrogen) atoms. The minimum absolute atomic E-state index is 0.106. The van der Waals surface area contributed by atoms with Crippen molar-refractivity contribution in [1.82, 2.24) is 4.57 Å². The van der Waals surface area contributed by atoms with Crippen LogP contribution in [0.4, 0.5) is 17.1 Å². The molecular formula is C53H38N2. The normalized spacial score (nSPS) is 13.1. The summed E-state index contributed by atoms with van der Waals surface area (Å²) < 4.78 is 2.37. The van der Waals surface area contributed by atoms with Crippen molar-refractivity contribution in [1.29, 1.82) is 0 Å². The van der Waals surface area contributed by atoms with Gasteiger partial charge in [0.15, 0.2) is 0 Å². The molecule has 1 aliphatic rings. The average Bonchev–Trinajstić information content (AvgIpc) is 3.69. The number of fused-ring (bicyclic) bond motifs is 9. The second kappa shape index (κ2) is 12.1. The molecule has 2 nitrogen and oxygen atoms in total. The van der Waals surface area contributed by atoms with Crippen LogP contribution in [0.2, 0.25) is 0 Å². The van der Waals surface area contributed by atoms with Crippen molar-refractivity contribution in [2.75, 3.05) is 4.90 Å². The summed E-state index contributed by atoms with van der Waals surface area (Å²) in [6.07, 6.45) is 0. The Morgan fingerprint density at radius 3 is 1.85 bits per heavy atom. The Labute approximate surface area is 321 Å². The average molecular weight is 703 g/mol. The largest absolute Gasteiger partial charge is 0.310 e. The van der Waals surface area contributed by atoms with Gasteiger partial charge in [0.25, 0.3) is 0 Å². The molecule has 10 aromatic rings. The lowest BCUT2D eigenvalue weighted by Gasteiger charge is -2.29. The van der Waals surface area contributed by atoms with Crippen molar-refractivity contribution in [3.8, 4) is 27.9 Å². The van der Waals surface area contributed by atoms with Crippen LogP contribution >= 0.6 is 0 Å². The molecule has 0 unspecified atom stereocenters. The predicted octanol–water partition coefficient (Wildman–Crippen LogP) is 14.5. The smallest absolute Gasteiger partial charge is 0.0546 e. The van der Waals surface area contributed by atoms with Crippen molar-refractivity contribution >= 4 is 60.4 Å². The molecule has 1 heterocycles. The molecule has 260 valence electrons. The summed E-state index contributed by atoms with van der Waals surface area (Å²) in [4.78, 5) is 2.47. The number of rotatable bonds is 5. The zero-order chi connectivity index (χ0) is 36.7. The number of benzene rings is 9. The molecule has 0 aliphatic heterocycles. The first kappa shape index (κ1) is 31.6. The van der Waals surface area contributed by atoms with E-state index in [-0.39, 0.29) is 5.41 Å². The zero-order valence-electron chi connectivity index (χ0n) is 30.9. The maximum atomic E-state index is 2.47. The standard InChI is InChI=1S/C53H38N2/c1-53(2)48-22-12-10-19-43(48)44-30-29-40(34-49(44)53)54(52-33-37-14-6-7-17-41(37)42-18-8-9-20-45(42)52)39-27-24-35(25-28-39)36-26-31-51-47(32-36)46-21-11-13-23-50(46)55(51)38-15-4-3-5-16-38/h3-34H,1-2H3. The van der Waals surface area contributed by atoms with Gasteiger partial charge in [-0.1, -0.05) is 147 Å². The minimum atomic E-state index is -0.106. The fraction of sp³-hybridized carbons (Fsp3) is 0.0566. The van der Waals surface area contributed by atoms with E-state index in [1.54, 1.807) is 0 Å². The highest BCUT2D eigenvalue weighted by atomic mass is 15.1. The third-order valence-electron chi connectivity index (χ3n) is 12.0. The van der Waals surface area contributed by atoms with E-state index in [4.69, 9.17) is 0 Å². The SMILES string of the molecule is CC1(C)c2ccccc2-c2ccc(N(c3ccc(-c4ccc5c(c4)c4ccccc4n5-c4ccccc4)cc3)c3cc4ccccc4c4ccccc34)cc21. The van der Waals surface area contributed by atoms with Gasteiger partial charge in [0, 0.05) is 38.6 Å². The third kappa shape index (κ3) is 4.81. The molecule has 0 saturated carbocycles. The van der Waals surface area contributed by atoms with Gasteiger partial charge in [0.2, 0.25) is 0 Å². The Hall–Kier alpha value is -6.90. The van der Waals surface area contributed by atoms with E-state index < -0.39 is 0 Å². The van der Waals surface area contributed by atoms with Gasteiger partial charge in [-0.15, -0.1) is 0 Å². The van der Waals surface area contributed by atoms with Crippen molar-refractivity contribution in [3.05, 3.63) is 205 Å². The quantitative estimate of drug-likeness (QED) is 0.162. The molecule has 0 spiro atoms. The molecule has 1 aliphatic carbocycles. The van der Waals surface area contributed by atoms with Crippen LogP contribution in [0.5, 0.6) is 0 Å². The fourth-order valence-electron chi connectivity index (χ4n) is 9.29. The van der Waals surface area contributed by atoms with Crippen molar-refractivity contribution in [2.24, 2.45) is 0 Å². The van der Waals surface area contributed by atoms with Crippen LogP contribution in [0, 0.1) is 0 Å². The first-order chi connectivity index (χ1) is 27.0. The lowest BCUT2D eigenvalue weighted by molar-refractivity contribution is 0.660. The highest BCUT2D eigenvalue weighted by Gasteiger charge is 2.36. The van der Waals surface area contributed by atoms with Gasteiger partial charge in [-0.3, -0.25) is 0 Å². The maximum absolute atomic E-state index is 2.47. The molecule has 0 bridgehead atoms. The van der Waals surface area contributed by atoms with Gasteiger partial charge in [0.1, 0.15) is 0 Å². The summed E-state index contributed by atoms with van der Waals surface area (Å²) in [7, 11) is 0. The van der Waals surface area contributed by atoms with Gasteiger partial charge in [-0.25, -0.2) is 0 Å². The fourth-order valence-corrected chi connectivity index (χ4v) is 9.29. The van der Waals surface area contributed by atoms with Gasteiger partial charge in [0.05, 0.1) is 16.7 Å². The van der Waals surface area contributed by atoms with E-state index in [1.807, 2.05) is 0 Å². The lowest BCUT2D eigenvalue weighted by atomic mass is 9.82. The third-order valence-corrected chi connectivity index (χ3v) is 12.0. The Balaban J connectivity index is 1.08. The van der Waals surface area contributed by atoms with E-state index in [1.165, 1.54) is 88.1 Å². The van der Waals surface area contributed by atoms with Gasteiger partial charge < -0.3 is 9.47 Å². The van der Waals surface area contributed by atoms with E-state index in [2.05, 4.69) is 217 Å². The number of hydrogen-bond donors (Lipinski definition) is 0. The van der Waals surface area contributed by atoms with Crippen molar-refractivity contribution < 1.29 is 0 Å². The van der Waals surface area contributed by atoms with Gasteiger partial charge >= 0.3 is 0 Å². The summed E-state index contributed by atoms with van der Waals surface area (Å²) in [5, 5.41) is 7.51. The second-order valence-electron chi connectivity index (χ2n) is 15.4. The van der Waals surface area contributed by atoms with E-state index in [0.717, 1.165) is 11.4 Å². The summed E-state index contributed by atoms with van der Waals surface area (Å²) in [6.45, 7) is 4.72. The highest BCUT2D eigenvalue weighted by molar-refractivity contribution is 6.15. The number of para-hydroxylation sites is 2. The van der Waals surface area contributed by atoms with Gasteiger partial charge in [-0.2, -0.15) is 0 Å². The summed E-state index contributed by atoms with van der Waals surface area (Å²) in [5.41, 5.74) is 14.8. The van der Waals surface area contributed by atoms with Crippen LogP contribution < -0.4 is 4.90 Å². The molecule has 2 heteroatoms. The van der Waals surface area contributed by atoms with Crippen LogP contribution in [0.15, 0.2) is 194 Å². The number of hydrogen-bond acceptors (Lipinski definition) is 1. The van der Waals surface area contributed by atoms with Crippen LogP contribution in [0.3, 0.4) is 0 Å². The zero-order valence-corrected chi connectivity index (χ0v) is 30.9. The maximum Gasteiger partial charge on any atom is 0.0546 e. The predicted molar refractivity (Wildman–Crippen MR) is 233 cm³/mol. The van der Waals surface area contributed by atoms with Crippen molar-refractivity contribution in [3.63, 3.8) is 0 Å². The lowest BCUT2D eigenvalue weighted by Crippen LogP contribution is -2.16. The number of anilines is 3. The first-order valence-corrected chi connectivity index (χ1v) is 19.2. The Morgan fingerprint density at radius 2 is 1.02 bits per heavy atom. The monoisotopic (exact) mass is 702 g/mol. The Kier molecular flexibility index (Phi) is 6.93. The summed E-state index contributed by atoms with van der Waals surface area (Å²) in [5.74, 6) is 0. The molecule has 0 amide bonds.